The molecule has 6 heteroatoms. The Morgan fingerprint density at radius 3 is 2.84 bits per heavy atom. The summed E-state index contributed by atoms with van der Waals surface area (Å²) < 4.78 is 6.04. The fraction of sp³-hybridized carbons (Fsp3) is 0.154. The number of carbonyl (C=O) groups is 1. The lowest BCUT2D eigenvalue weighted by Gasteiger charge is -2.28. The molecule has 1 amide bonds. The maximum absolute atomic E-state index is 12.0. The molecule has 0 fully saturated rings. The van der Waals surface area contributed by atoms with Gasteiger partial charge in [-0.2, -0.15) is 0 Å². The summed E-state index contributed by atoms with van der Waals surface area (Å²) >= 11 is 3.31. The summed E-state index contributed by atoms with van der Waals surface area (Å²) in [5.41, 5.74) is 0.998. The van der Waals surface area contributed by atoms with Gasteiger partial charge in [0.15, 0.2) is 18.2 Å². The molecule has 0 atom stereocenters. The molecule has 5 nitrogen and oxygen atoms in total. The Morgan fingerprint density at radius 2 is 2.05 bits per heavy atom. The summed E-state index contributed by atoms with van der Waals surface area (Å²) in [6, 6.07) is 7.35. The van der Waals surface area contributed by atoms with Gasteiger partial charge in [-0.3, -0.25) is 14.7 Å². The van der Waals surface area contributed by atoms with Gasteiger partial charge in [-0.05, 0) is 45.8 Å². The van der Waals surface area contributed by atoms with Gasteiger partial charge in [-0.25, -0.2) is 4.98 Å². The number of ether oxygens (including phenoxy) is 1. The average molecular weight is 320 g/mol. The number of hydrogen-bond acceptors (Lipinski definition) is 4. The molecule has 0 radical (unpaired) electrons. The summed E-state index contributed by atoms with van der Waals surface area (Å²) in [6.07, 6.45) is 3.41. The van der Waals surface area contributed by atoms with E-state index in [4.69, 9.17) is 4.74 Å². The minimum Gasteiger partial charge on any atom is -0.480 e. The van der Waals surface area contributed by atoms with E-state index in [1.807, 2.05) is 12.1 Å². The Bertz CT molecular complexity index is 619. The number of aromatic nitrogens is 2. The van der Waals surface area contributed by atoms with Crippen molar-refractivity contribution in [1.82, 2.24) is 9.97 Å². The predicted molar refractivity (Wildman–Crippen MR) is 72.9 cm³/mol. The van der Waals surface area contributed by atoms with E-state index in [2.05, 4.69) is 25.9 Å². The maximum atomic E-state index is 12.0. The van der Waals surface area contributed by atoms with E-state index >= 15 is 0 Å². The Kier molecular flexibility index (Phi) is 3.16. The molecule has 3 rings (SSSR count). The summed E-state index contributed by atoms with van der Waals surface area (Å²) in [5, 5.41) is 0. The molecule has 0 saturated carbocycles. The molecule has 96 valence electrons. The van der Waals surface area contributed by atoms with Crippen molar-refractivity contribution in [3.63, 3.8) is 0 Å². The Balaban J connectivity index is 1.97. The smallest absolute Gasteiger partial charge is 0.266 e. The van der Waals surface area contributed by atoms with Crippen LogP contribution in [-0.2, 0) is 11.3 Å². The molecular weight excluding hydrogens is 310 g/mol. The molecule has 0 saturated heterocycles. The van der Waals surface area contributed by atoms with E-state index in [1.54, 1.807) is 29.4 Å². The highest BCUT2D eigenvalue weighted by molar-refractivity contribution is 9.10. The van der Waals surface area contributed by atoms with Crippen LogP contribution >= 0.6 is 15.9 Å². The number of pyridine rings is 2. The van der Waals surface area contributed by atoms with Crippen molar-refractivity contribution in [2.45, 2.75) is 6.54 Å². The second-order valence-electron chi connectivity index (χ2n) is 4.08. The van der Waals surface area contributed by atoms with Crippen LogP contribution in [0.15, 0.2) is 41.3 Å². The van der Waals surface area contributed by atoms with Crippen molar-refractivity contribution in [2.75, 3.05) is 11.5 Å². The second kappa shape index (κ2) is 4.97. The van der Waals surface area contributed by atoms with Gasteiger partial charge in [0, 0.05) is 12.4 Å². The maximum Gasteiger partial charge on any atom is 0.266 e. The lowest BCUT2D eigenvalue weighted by Crippen LogP contribution is -2.38. The van der Waals surface area contributed by atoms with Crippen LogP contribution in [0.4, 0.5) is 5.82 Å². The van der Waals surface area contributed by atoms with Gasteiger partial charge in [0.1, 0.15) is 4.60 Å². The van der Waals surface area contributed by atoms with Gasteiger partial charge in [0.25, 0.3) is 5.91 Å². The van der Waals surface area contributed by atoms with E-state index in [-0.39, 0.29) is 12.5 Å². The minimum atomic E-state index is -0.102. The van der Waals surface area contributed by atoms with Crippen LogP contribution in [-0.4, -0.2) is 22.5 Å². The highest BCUT2D eigenvalue weighted by atomic mass is 79.9. The number of nitrogens with zero attached hydrogens (tertiary/aromatic N) is 3. The van der Waals surface area contributed by atoms with Crippen molar-refractivity contribution >= 4 is 27.7 Å². The van der Waals surface area contributed by atoms with E-state index in [1.165, 1.54) is 0 Å². The Labute approximate surface area is 118 Å². The number of fused-ring (bicyclic) bond motifs is 1. The fourth-order valence-corrected chi connectivity index (χ4v) is 2.19. The fourth-order valence-electron chi connectivity index (χ4n) is 1.89. The average Bonchev–Trinajstić information content (AvgIpc) is 2.43. The van der Waals surface area contributed by atoms with Crippen molar-refractivity contribution < 1.29 is 9.53 Å². The molecule has 0 aromatic carbocycles. The summed E-state index contributed by atoms with van der Waals surface area (Å²) in [5.74, 6) is 1.06. The van der Waals surface area contributed by atoms with Crippen LogP contribution in [0.3, 0.4) is 0 Å². The number of halogens is 1. The summed E-state index contributed by atoms with van der Waals surface area (Å²) in [6.45, 7) is 0.503. The second-order valence-corrected chi connectivity index (χ2v) is 4.89. The molecule has 0 aliphatic carbocycles. The first-order valence-electron chi connectivity index (χ1n) is 5.72. The number of hydrogen-bond donors (Lipinski definition) is 0. The largest absolute Gasteiger partial charge is 0.480 e. The quantitative estimate of drug-likeness (QED) is 0.796. The first kappa shape index (κ1) is 12.1. The number of carbonyl (C=O) groups excluding carboxylic acids is 1. The normalized spacial score (nSPS) is 13.9. The first-order chi connectivity index (χ1) is 9.24. The van der Waals surface area contributed by atoms with Crippen LogP contribution in [0.5, 0.6) is 5.75 Å². The lowest BCUT2D eigenvalue weighted by molar-refractivity contribution is -0.121. The molecule has 2 aromatic heterocycles. The molecule has 19 heavy (non-hydrogen) atoms. The predicted octanol–water partition coefficient (Wildman–Crippen LogP) is 2.16. The first-order valence-corrected chi connectivity index (χ1v) is 6.52. The number of rotatable bonds is 2. The monoisotopic (exact) mass is 319 g/mol. The zero-order chi connectivity index (χ0) is 13.2. The third-order valence-electron chi connectivity index (χ3n) is 2.80. The van der Waals surface area contributed by atoms with E-state index in [9.17, 15) is 4.79 Å². The van der Waals surface area contributed by atoms with Crippen LogP contribution < -0.4 is 9.64 Å². The zero-order valence-corrected chi connectivity index (χ0v) is 11.5. The lowest BCUT2D eigenvalue weighted by atomic mass is 10.2. The molecule has 1 aliphatic rings. The van der Waals surface area contributed by atoms with Gasteiger partial charge in [0.05, 0.1) is 6.54 Å². The highest BCUT2D eigenvalue weighted by Gasteiger charge is 2.27. The van der Waals surface area contributed by atoms with E-state index in [0.29, 0.717) is 22.7 Å². The van der Waals surface area contributed by atoms with Crippen molar-refractivity contribution in [3.8, 4) is 5.75 Å². The molecule has 0 unspecified atom stereocenters. The van der Waals surface area contributed by atoms with Crippen LogP contribution in [0.2, 0.25) is 0 Å². The van der Waals surface area contributed by atoms with Crippen LogP contribution in [0, 0.1) is 0 Å². The molecule has 1 aliphatic heterocycles. The van der Waals surface area contributed by atoms with Gasteiger partial charge < -0.3 is 4.74 Å². The van der Waals surface area contributed by atoms with Gasteiger partial charge in [0.2, 0.25) is 0 Å². The molecule has 0 spiro atoms. The third-order valence-corrected chi connectivity index (χ3v) is 3.24. The van der Waals surface area contributed by atoms with E-state index in [0.717, 1.165) is 5.56 Å². The molecule has 3 heterocycles. The SMILES string of the molecule is O=C1COc2ccc(Br)nc2N1Cc1ccncc1. The van der Waals surface area contributed by atoms with Gasteiger partial charge >= 0.3 is 0 Å². The number of amides is 1. The standard InChI is InChI=1S/C13H10BrN3O2/c14-11-2-1-10-13(16-11)17(12(18)8-19-10)7-9-3-5-15-6-4-9/h1-6H,7-8H2. The van der Waals surface area contributed by atoms with E-state index < -0.39 is 0 Å². The van der Waals surface area contributed by atoms with Crippen LogP contribution in [0.1, 0.15) is 5.56 Å². The summed E-state index contributed by atoms with van der Waals surface area (Å²) in [4.78, 5) is 21.9. The summed E-state index contributed by atoms with van der Waals surface area (Å²) in [7, 11) is 0. The van der Waals surface area contributed by atoms with Crippen molar-refractivity contribution in [3.05, 3.63) is 46.8 Å². The molecule has 0 bridgehead atoms. The topological polar surface area (TPSA) is 55.3 Å². The van der Waals surface area contributed by atoms with Crippen LogP contribution in [0.25, 0.3) is 0 Å². The third kappa shape index (κ3) is 2.44. The number of anilines is 1. The minimum absolute atomic E-state index is 0.0431. The molecule has 0 N–H and O–H groups in total. The van der Waals surface area contributed by atoms with Gasteiger partial charge in [-0.15, -0.1) is 0 Å². The van der Waals surface area contributed by atoms with Crippen molar-refractivity contribution in [2.24, 2.45) is 0 Å². The molecule has 2 aromatic rings. The Morgan fingerprint density at radius 1 is 1.26 bits per heavy atom. The van der Waals surface area contributed by atoms with Crippen molar-refractivity contribution in [1.29, 1.82) is 0 Å². The zero-order valence-electron chi connectivity index (χ0n) is 9.91. The molecular formula is C13H10BrN3O2. The Hall–Kier alpha value is -1.95. The van der Waals surface area contributed by atoms with Gasteiger partial charge in [-0.1, -0.05) is 0 Å². The highest BCUT2D eigenvalue weighted by Crippen LogP contribution is 2.32.